The van der Waals surface area contributed by atoms with Crippen molar-refractivity contribution in [3.05, 3.63) is 18.2 Å². The van der Waals surface area contributed by atoms with Crippen LogP contribution in [-0.4, -0.2) is 0 Å². The molecule has 0 spiro atoms. The van der Waals surface area contributed by atoms with Crippen LogP contribution >= 0.6 is 25.3 Å². The molecule has 0 saturated heterocycles. The molecule has 0 aliphatic heterocycles. The van der Waals surface area contributed by atoms with E-state index in [4.69, 9.17) is 5.73 Å². The van der Waals surface area contributed by atoms with Gasteiger partial charge < -0.3 is 5.73 Å². The average molecular weight is 157 g/mol. The molecule has 0 radical (unpaired) electrons. The van der Waals surface area contributed by atoms with Gasteiger partial charge in [-0.3, -0.25) is 0 Å². The zero-order valence-electron chi connectivity index (χ0n) is 4.70. The molecule has 0 heterocycles. The van der Waals surface area contributed by atoms with Crippen molar-refractivity contribution < 1.29 is 0 Å². The summed E-state index contributed by atoms with van der Waals surface area (Å²) < 4.78 is 0. The zero-order valence-corrected chi connectivity index (χ0v) is 6.49. The number of thiol groups is 2. The molecule has 0 aliphatic carbocycles. The average Bonchev–Trinajstić information content (AvgIpc) is 1.80. The van der Waals surface area contributed by atoms with Gasteiger partial charge in [-0.15, -0.1) is 25.3 Å². The zero-order chi connectivity index (χ0) is 6.85. The first-order valence-electron chi connectivity index (χ1n) is 2.47. The summed E-state index contributed by atoms with van der Waals surface area (Å²) in [6.45, 7) is 0. The summed E-state index contributed by atoms with van der Waals surface area (Å²) in [5.41, 5.74) is 6.17. The van der Waals surface area contributed by atoms with Gasteiger partial charge in [0, 0.05) is 15.5 Å². The van der Waals surface area contributed by atoms with Crippen LogP contribution in [0.5, 0.6) is 0 Å². The van der Waals surface area contributed by atoms with E-state index in [0.717, 1.165) is 9.79 Å². The third kappa shape index (κ3) is 1.56. The van der Waals surface area contributed by atoms with Crippen LogP contribution in [-0.2, 0) is 0 Å². The van der Waals surface area contributed by atoms with Crippen LogP contribution in [0, 0.1) is 0 Å². The quantitative estimate of drug-likeness (QED) is 0.389. The van der Waals surface area contributed by atoms with Crippen LogP contribution in [0.1, 0.15) is 0 Å². The highest BCUT2D eigenvalue weighted by Gasteiger charge is 1.91. The summed E-state index contributed by atoms with van der Waals surface area (Å²) in [5.74, 6) is 0. The number of hydrogen-bond donors (Lipinski definition) is 3. The van der Waals surface area contributed by atoms with Crippen LogP contribution in [0.3, 0.4) is 0 Å². The van der Waals surface area contributed by atoms with Gasteiger partial charge in [0.15, 0.2) is 0 Å². The molecule has 1 aromatic rings. The lowest BCUT2D eigenvalue weighted by Crippen LogP contribution is -1.85. The van der Waals surface area contributed by atoms with Crippen molar-refractivity contribution >= 4 is 30.9 Å². The van der Waals surface area contributed by atoms with Gasteiger partial charge in [-0.05, 0) is 18.2 Å². The molecule has 0 fully saturated rings. The van der Waals surface area contributed by atoms with Crippen LogP contribution in [0.15, 0.2) is 28.0 Å². The van der Waals surface area contributed by atoms with E-state index in [1.54, 1.807) is 6.07 Å². The van der Waals surface area contributed by atoms with Gasteiger partial charge >= 0.3 is 0 Å². The Morgan fingerprint density at radius 1 is 1.22 bits per heavy atom. The topological polar surface area (TPSA) is 26.0 Å². The van der Waals surface area contributed by atoms with Crippen molar-refractivity contribution in [2.75, 3.05) is 5.73 Å². The molecule has 0 bridgehead atoms. The second kappa shape index (κ2) is 2.54. The van der Waals surface area contributed by atoms with E-state index >= 15 is 0 Å². The fraction of sp³-hybridized carbons (Fsp3) is 0. The molecule has 1 rings (SSSR count). The summed E-state index contributed by atoms with van der Waals surface area (Å²) >= 11 is 8.17. The number of nitrogen functional groups attached to an aromatic ring is 1. The molecule has 1 aromatic carbocycles. The van der Waals surface area contributed by atoms with Crippen molar-refractivity contribution in [2.45, 2.75) is 9.79 Å². The predicted molar refractivity (Wildman–Crippen MR) is 45.4 cm³/mol. The maximum atomic E-state index is 5.50. The third-order valence-corrected chi connectivity index (χ3v) is 1.70. The van der Waals surface area contributed by atoms with Crippen LogP contribution in [0.2, 0.25) is 0 Å². The lowest BCUT2D eigenvalue weighted by molar-refractivity contribution is 1.37. The van der Waals surface area contributed by atoms with E-state index in [1.807, 2.05) is 12.1 Å². The SMILES string of the molecule is Nc1cc(S)ccc1S. The fourth-order valence-corrected chi connectivity index (χ4v) is 0.895. The van der Waals surface area contributed by atoms with Crippen molar-refractivity contribution in [3.8, 4) is 0 Å². The van der Waals surface area contributed by atoms with Crippen molar-refractivity contribution in [2.24, 2.45) is 0 Å². The Hall–Kier alpha value is -0.280. The maximum Gasteiger partial charge on any atom is 0.0460 e. The van der Waals surface area contributed by atoms with Gasteiger partial charge in [0.2, 0.25) is 0 Å². The summed E-state index contributed by atoms with van der Waals surface area (Å²) in [7, 11) is 0. The van der Waals surface area contributed by atoms with Gasteiger partial charge in [-0.1, -0.05) is 0 Å². The minimum absolute atomic E-state index is 0.672. The molecule has 0 aromatic heterocycles. The second-order valence-corrected chi connectivity index (χ2v) is 2.74. The summed E-state index contributed by atoms with van der Waals surface area (Å²) in [6.07, 6.45) is 0. The summed E-state index contributed by atoms with van der Waals surface area (Å²) in [4.78, 5) is 1.66. The molecule has 0 atom stereocenters. The Kier molecular flexibility index (Phi) is 1.93. The first kappa shape index (κ1) is 6.83. The van der Waals surface area contributed by atoms with Gasteiger partial charge in [0.1, 0.15) is 0 Å². The Bertz CT molecular complexity index is 222. The molecule has 2 N–H and O–H groups in total. The van der Waals surface area contributed by atoms with Crippen molar-refractivity contribution in [1.82, 2.24) is 0 Å². The standard InChI is InChI=1S/C6H7NS2/c7-5-3-4(8)1-2-6(5)9/h1-3,8-9H,7H2. The molecule has 0 unspecified atom stereocenters. The lowest BCUT2D eigenvalue weighted by Gasteiger charge is -1.97. The Balaban J connectivity index is 3.17. The summed E-state index contributed by atoms with van der Waals surface area (Å²) in [5, 5.41) is 0. The number of nitrogens with two attached hydrogens (primary N) is 1. The van der Waals surface area contributed by atoms with Crippen molar-refractivity contribution in [3.63, 3.8) is 0 Å². The molecule has 0 amide bonds. The molecule has 0 aliphatic rings. The molecule has 48 valence electrons. The number of anilines is 1. The Morgan fingerprint density at radius 2 is 1.89 bits per heavy atom. The van der Waals surface area contributed by atoms with Crippen LogP contribution in [0.4, 0.5) is 5.69 Å². The fourth-order valence-electron chi connectivity index (χ4n) is 0.542. The van der Waals surface area contributed by atoms with E-state index in [1.165, 1.54) is 0 Å². The largest absolute Gasteiger partial charge is 0.398 e. The van der Waals surface area contributed by atoms with Crippen molar-refractivity contribution in [1.29, 1.82) is 0 Å². The molecule has 9 heavy (non-hydrogen) atoms. The van der Waals surface area contributed by atoms with Gasteiger partial charge in [-0.2, -0.15) is 0 Å². The minimum Gasteiger partial charge on any atom is -0.398 e. The number of rotatable bonds is 0. The van der Waals surface area contributed by atoms with E-state index < -0.39 is 0 Å². The predicted octanol–water partition coefficient (Wildman–Crippen LogP) is 1.85. The summed E-state index contributed by atoms with van der Waals surface area (Å²) in [6, 6.07) is 5.44. The number of benzene rings is 1. The van der Waals surface area contributed by atoms with E-state index in [2.05, 4.69) is 25.3 Å². The highest BCUT2D eigenvalue weighted by Crippen LogP contribution is 2.19. The van der Waals surface area contributed by atoms with Crippen LogP contribution < -0.4 is 5.73 Å². The van der Waals surface area contributed by atoms with Gasteiger partial charge in [0.05, 0.1) is 0 Å². The Morgan fingerprint density at radius 3 is 2.33 bits per heavy atom. The lowest BCUT2D eigenvalue weighted by atomic mass is 10.3. The minimum atomic E-state index is 0.672. The van der Waals surface area contributed by atoms with Gasteiger partial charge in [0.25, 0.3) is 0 Å². The van der Waals surface area contributed by atoms with Crippen LogP contribution in [0.25, 0.3) is 0 Å². The first-order valence-corrected chi connectivity index (χ1v) is 3.37. The molecular weight excluding hydrogens is 150 g/mol. The Labute approximate surface area is 65.1 Å². The highest BCUT2D eigenvalue weighted by atomic mass is 32.1. The first-order chi connectivity index (χ1) is 4.20. The molecular formula is C6H7NS2. The number of hydrogen-bond acceptors (Lipinski definition) is 3. The highest BCUT2D eigenvalue weighted by molar-refractivity contribution is 7.80. The molecule has 3 heteroatoms. The maximum absolute atomic E-state index is 5.50. The van der Waals surface area contributed by atoms with E-state index in [0.29, 0.717) is 5.69 Å². The smallest absolute Gasteiger partial charge is 0.0460 e. The molecule has 1 nitrogen and oxygen atoms in total. The molecule has 0 saturated carbocycles. The second-order valence-electron chi connectivity index (χ2n) is 1.74. The monoisotopic (exact) mass is 157 g/mol. The van der Waals surface area contributed by atoms with E-state index in [-0.39, 0.29) is 0 Å². The van der Waals surface area contributed by atoms with E-state index in [9.17, 15) is 0 Å². The van der Waals surface area contributed by atoms with Gasteiger partial charge in [-0.25, -0.2) is 0 Å². The third-order valence-electron chi connectivity index (χ3n) is 1.01. The normalized spacial score (nSPS) is 9.56.